The van der Waals surface area contributed by atoms with Crippen LogP contribution in [0.5, 0.6) is 5.75 Å². The molecule has 6 nitrogen and oxygen atoms in total. The van der Waals surface area contributed by atoms with Crippen LogP contribution in [-0.2, 0) is 4.79 Å². The van der Waals surface area contributed by atoms with Gasteiger partial charge >= 0.3 is 0 Å². The van der Waals surface area contributed by atoms with E-state index >= 15 is 0 Å². The molecule has 7 heteroatoms. The lowest BCUT2D eigenvalue weighted by Gasteiger charge is -2.22. The normalized spacial score (nSPS) is 12.6. The lowest BCUT2D eigenvalue weighted by molar-refractivity contribution is -0.128. The molecular weight excluding hydrogens is 443 g/mol. The number of hydrogen-bond acceptors (Lipinski definition) is 3. The number of rotatable bonds is 8. The Hall–Kier alpha value is -1.51. The van der Waals surface area contributed by atoms with Crippen molar-refractivity contribution in [2.24, 2.45) is 10.4 Å². The van der Waals surface area contributed by atoms with Gasteiger partial charge in [0.05, 0.1) is 18.5 Å². The highest BCUT2D eigenvalue weighted by molar-refractivity contribution is 14.0. The lowest BCUT2D eigenvalue weighted by atomic mass is 9.93. The summed E-state index contributed by atoms with van der Waals surface area (Å²) in [5.74, 6) is 1.51. The molecule has 1 aromatic rings. The molecule has 0 fully saturated rings. The van der Waals surface area contributed by atoms with Crippen LogP contribution >= 0.6 is 24.0 Å². The SMILES string of the molecule is CCNC(=NCC(C)(C)C(=O)NC)NCC(C)Oc1cccc(C)c1.I. The topological polar surface area (TPSA) is 74.8 Å². The standard InChI is InChI=1S/C19H32N4O2.HI/c1-7-21-18(23-13-19(4,5)17(24)20-6)22-12-15(3)25-16-10-8-9-14(2)11-16;/h8-11,15H,7,12-13H2,1-6H3,(H,20,24)(H2,21,22,23);1H. The van der Waals surface area contributed by atoms with Crippen LogP contribution in [0.2, 0.25) is 0 Å². The second kappa shape index (κ2) is 12.0. The minimum atomic E-state index is -0.555. The summed E-state index contributed by atoms with van der Waals surface area (Å²) in [6.07, 6.45) is -0.0161. The number of nitrogens with zero attached hydrogens (tertiary/aromatic N) is 1. The monoisotopic (exact) mass is 476 g/mol. The summed E-state index contributed by atoms with van der Waals surface area (Å²) in [7, 11) is 1.64. The number of hydrogen-bond donors (Lipinski definition) is 3. The summed E-state index contributed by atoms with van der Waals surface area (Å²) < 4.78 is 5.92. The van der Waals surface area contributed by atoms with Gasteiger partial charge < -0.3 is 20.7 Å². The van der Waals surface area contributed by atoms with E-state index < -0.39 is 5.41 Å². The molecular formula is C19H33IN4O2. The van der Waals surface area contributed by atoms with Crippen LogP contribution in [-0.4, -0.2) is 44.7 Å². The lowest BCUT2D eigenvalue weighted by Crippen LogP contribution is -2.43. The minimum Gasteiger partial charge on any atom is -0.489 e. The van der Waals surface area contributed by atoms with Gasteiger partial charge in [-0.25, -0.2) is 0 Å². The fourth-order valence-electron chi connectivity index (χ4n) is 2.23. The second-order valence-electron chi connectivity index (χ2n) is 6.78. The molecule has 1 amide bonds. The second-order valence-corrected chi connectivity index (χ2v) is 6.78. The van der Waals surface area contributed by atoms with Crippen LogP contribution in [0, 0.1) is 12.3 Å². The third-order valence-electron chi connectivity index (χ3n) is 3.70. The van der Waals surface area contributed by atoms with Crippen LogP contribution in [0.25, 0.3) is 0 Å². The third-order valence-corrected chi connectivity index (χ3v) is 3.70. The van der Waals surface area contributed by atoms with Crippen LogP contribution < -0.4 is 20.7 Å². The van der Waals surface area contributed by atoms with Gasteiger partial charge in [-0.2, -0.15) is 0 Å². The Balaban J connectivity index is 0.00000625. The number of nitrogens with one attached hydrogen (secondary N) is 3. The Bertz CT molecular complexity index is 591. The summed E-state index contributed by atoms with van der Waals surface area (Å²) in [6.45, 7) is 11.6. The summed E-state index contributed by atoms with van der Waals surface area (Å²) in [5, 5.41) is 9.13. The molecule has 0 saturated carbocycles. The molecule has 1 unspecified atom stereocenters. The van der Waals surface area contributed by atoms with E-state index in [1.165, 1.54) is 5.56 Å². The van der Waals surface area contributed by atoms with Crippen molar-refractivity contribution in [3.05, 3.63) is 29.8 Å². The molecule has 0 saturated heterocycles. The fourth-order valence-corrected chi connectivity index (χ4v) is 2.23. The molecule has 1 aromatic carbocycles. The molecule has 0 radical (unpaired) electrons. The quantitative estimate of drug-likeness (QED) is 0.307. The Labute approximate surface area is 174 Å². The molecule has 26 heavy (non-hydrogen) atoms. The van der Waals surface area contributed by atoms with Gasteiger partial charge in [-0.05, 0) is 52.3 Å². The zero-order valence-electron chi connectivity index (χ0n) is 16.7. The number of halogens is 1. The van der Waals surface area contributed by atoms with Gasteiger partial charge in [0.25, 0.3) is 0 Å². The van der Waals surface area contributed by atoms with Crippen molar-refractivity contribution in [3.63, 3.8) is 0 Å². The molecule has 0 spiro atoms. The van der Waals surface area contributed by atoms with Gasteiger partial charge in [0.1, 0.15) is 11.9 Å². The highest BCUT2D eigenvalue weighted by Gasteiger charge is 2.26. The predicted octanol–water partition coefficient (Wildman–Crippen LogP) is 2.71. The molecule has 0 aliphatic rings. The van der Waals surface area contributed by atoms with Crippen molar-refractivity contribution in [1.82, 2.24) is 16.0 Å². The third kappa shape index (κ3) is 8.73. The van der Waals surface area contributed by atoms with Crippen molar-refractivity contribution in [3.8, 4) is 5.75 Å². The smallest absolute Gasteiger partial charge is 0.227 e. The Kier molecular flexibility index (Phi) is 11.3. The molecule has 3 N–H and O–H groups in total. The van der Waals surface area contributed by atoms with E-state index in [9.17, 15) is 4.79 Å². The molecule has 1 atom stereocenters. The first kappa shape index (κ1) is 24.5. The maximum Gasteiger partial charge on any atom is 0.227 e. The first-order valence-electron chi connectivity index (χ1n) is 8.76. The number of guanidine groups is 1. The number of aryl methyl sites for hydroxylation is 1. The first-order chi connectivity index (χ1) is 11.8. The van der Waals surface area contributed by atoms with Crippen LogP contribution in [0.4, 0.5) is 0 Å². The highest BCUT2D eigenvalue weighted by Crippen LogP contribution is 2.15. The minimum absolute atomic E-state index is 0. The Morgan fingerprint density at radius 3 is 2.58 bits per heavy atom. The van der Waals surface area contributed by atoms with E-state index in [0.29, 0.717) is 19.0 Å². The largest absolute Gasteiger partial charge is 0.489 e. The first-order valence-corrected chi connectivity index (χ1v) is 8.76. The van der Waals surface area contributed by atoms with Crippen LogP contribution in [0.3, 0.4) is 0 Å². The van der Waals surface area contributed by atoms with Crippen molar-refractivity contribution in [2.45, 2.75) is 40.7 Å². The average Bonchev–Trinajstić information content (AvgIpc) is 2.56. The maximum absolute atomic E-state index is 11.9. The van der Waals surface area contributed by atoms with Crippen LogP contribution in [0.1, 0.15) is 33.3 Å². The summed E-state index contributed by atoms with van der Waals surface area (Å²) in [4.78, 5) is 16.4. The summed E-state index contributed by atoms with van der Waals surface area (Å²) >= 11 is 0. The van der Waals surface area contributed by atoms with Gasteiger partial charge in [0.15, 0.2) is 5.96 Å². The fraction of sp³-hybridized carbons (Fsp3) is 0.579. The van der Waals surface area contributed by atoms with E-state index in [0.717, 1.165) is 12.3 Å². The molecule has 0 aromatic heterocycles. The van der Waals surface area contributed by atoms with Gasteiger partial charge in [-0.1, -0.05) is 12.1 Å². The zero-order valence-corrected chi connectivity index (χ0v) is 19.0. The maximum atomic E-state index is 11.9. The van der Waals surface area contributed by atoms with Crippen LogP contribution in [0.15, 0.2) is 29.3 Å². The molecule has 148 valence electrons. The van der Waals surface area contributed by atoms with Crippen molar-refractivity contribution < 1.29 is 9.53 Å². The zero-order chi connectivity index (χ0) is 18.9. The molecule has 0 aliphatic carbocycles. The highest BCUT2D eigenvalue weighted by atomic mass is 127. The van der Waals surface area contributed by atoms with Gasteiger partial charge in [-0.15, -0.1) is 24.0 Å². The average molecular weight is 476 g/mol. The summed E-state index contributed by atoms with van der Waals surface area (Å²) in [6, 6.07) is 7.99. The van der Waals surface area contributed by atoms with E-state index in [1.54, 1.807) is 7.05 Å². The van der Waals surface area contributed by atoms with Gasteiger partial charge in [0.2, 0.25) is 5.91 Å². The Morgan fingerprint density at radius 1 is 1.31 bits per heavy atom. The van der Waals surface area contributed by atoms with Crippen molar-refractivity contribution in [1.29, 1.82) is 0 Å². The van der Waals surface area contributed by atoms with E-state index in [4.69, 9.17) is 4.74 Å². The number of aliphatic imine (C=N–C) groups is 1. The molecule has 1 rings (SSSR count). The van der Waals surface area contributed by atoms with Gasteiger partial charge in [0, 0.05) is 13.6 Å². The number of ether oxygens (including phenoxy) is 1. The molecule has 0 bridgehead atoms. The van der Waals surface area contributed by atoms with Crippen molar-refractivity contribution >= 4 is 35.8 Å². The summed E-state index contributed by atoms with van der Waals surface area (Å²) in [5.41, 5.74) is 0.616. The van der Waals surface area contributed by atoms with E-state index in [1.807, 2.05) is 58.9 Å². The predicted molar refractivity (Wildman–Crippen MR) is 119 cm³/mol. The van der Waals surface area contributed by atoms with Crippen molar-refractivity contribution in [2.75, 3.05) is 26.7 Å². The molecule has 0 aliphatic heterocycles. The number of carbonyl (C=O) groups is 1. The Morgan fingerprint density at radius 2 is 2.00 bits per heavy atom. The van der Waals surface area contributed by atoms with E-state index in [2.05, 4.69) is 20.9 Å². The molecule has 0 heterocycles. The van der Waals surface area contributed by atoms with Gasteiger partial charge in [-0.3, -0.25) is 9.79 Å². The number of benzene rings is 1. The number of carbonyl (C=O) groups excluding carboxylic acids is 1. The van der Waals surface area contributed by atoms with E-state index in [-0.39, 0.29) is 36.0 Å². The number of amides is 1.